The summed E-state index contributed by atoms with van der Waals surface area (Å²) in [6.45, 7) is 0.482. The molecule has 2 heterocycles. The van der Waals surface area contributed by atoms with Gasteiger partial charge in [0.1, 0.15) is 0 Å². The molecule has 0 aromatic heterocycles. The van der Waals surface area contributed by atoms with E-state index in [1.807, 2.05) is 24.3 Å². The fourth-order valence-corrected chi connectivity index (χ4v) is 4.52. The van der Waals surface area contributed by atoms with E-state index in [4.69, 9.17) is 5.11 Å². The second-order valence-corrected chi connectivity index (χ2v) is 7.15. The van der Waals surface area contributed by atoms with E-state index >= 15 is 0 Å². The number of likely N-dealkylation sites (tertiary alicyclic amines) is 1. The lowest BCUT2D eigenvalue weighted by Gasteiger charge is -2.25. The van der Waals surface area contributed by atoms with Crippen molar-refractivity contribution in [2.24, 2.45) is 0 Å². The summed E-state index contributed by atoms with van der Waals surface area (Å²) in [4.78, 5) is 28.0. The molecule has 1 aromatic carbocycles. The Hall–Kier alpha value is -1.57. The highest BCUT2D eigenvalue weighted by Gasteiger charge is 2.40. The number of β-amino-alcohol motifs (C(OH)–C–C–N with tert-alkyl or cyclic N) is 1. The molecule has 7 heteroatoms. The van der Waals surface area contributed by atoms with E-state index in [0.29, 0.717) is 6.54 Å². The van der Waals surface area contributed by atoms with Gasteiger partial charge in [-0.25, -0.2) is 0 Å². The van der Waals surface area contributed by atoms with Crippen molar-refractivity contribution in [2.75, 3.05) is 32.4 Å². The molecule has 1 fully saturated rings. The maximum Gasteiger partial charge on any atom is 0.317 e. The summed E-state index contributed by atoms with van der Waals surface area (Å²) >= 11 is 1.68. The van der Waals surface area contributed by atoms with Crippen LogP contribution in [0.1, 0.15) is 11.5 Å². The number of thioether (sulfide) groups is 1. The first-order chi connectivity index (χ1) is 11.0. The predicted octanol–water partition coefficient (Wildman–Crippen LogP) is 0.464. The molecule has 23 heavy (non-hydrogen) atoms. The van der Waals surface area contributed by atoms with E-state index in [1.54, 1.807) is 28.6 Å². The van der Waals surface area contributed by atoms with Crippen LogP contribution in [-0.4, -0.2) is 76.5 Å². The van der Waals surface area contributed by atoms with Gasteiger partial charge in [-0.1, -0.05) is 18.2 Å². The molecule has 1 amide bonds. The van der Waals surface area contributed by atoms with Gasteiger partial charge in [0.05, 0.1) is 24.6 Å². The molecule has 2 N–H and O–H groups in total. The van der Waals surface area contributed by atoms with Crippen LogP contribution in [0.3, 0.4) is 0 Å². The van der Waals surface area contributed by atoms with Crippen LogP contribution in [0.4, 0.5) is 0 Å². The molecule has 0 radical (unpaired) electrons. The zero-order valence-electron chi connectivity index (χ0n) is 12.9. The van der Waals surface area contributed by atoms with E-state index in [9.17, 15) is 14.7 Å². The number of aliphatic hydroxyl groups is 1. The third-order valence-electron chi connectivity index (χ3n) is 4.52. The molecule has 0 saturated carbocycles. The zero-order chi connectivity index (χ0) is 16.6. The third kappa shape index (κ3) is 3.22. The largest absolute Gasteiger partial charge is 0.480 e. The maximum absolute atomic E-state index is 12.8. The SMILES string of the molecule is CN(CC(=O)O)C1CN(C(=O)C2CSc3ccccc32)C[C@H]1O. The van der Waals surface area contributed by atoms with Crippen molar-refractivity contribution in [2.45, 2.75) is 23.0 Å². The van der Waals surface area contributed by atoms with Crippen LogP contribution in [-0.2, 0) is 9.59 Å². The Morgan fingerprint density at radius 2 is 2.09 bits per heavy atom. The fourth-order valence-electron chi connectivity index (χ4n) is 3.30. The highest BCUT2D eigenvalue weighted by atomic mass is 32.2. The number of aliphatic carboxylic acids is 1. The maximum atomic E-state index is 12.8. The van der Waals surface area contributed by atoms with Crippen LogP contribution in [0.5, 0.6) is 0 Å². The molecule has 1 aromatic rings. The first-order valence-corrected chi connectivity index (χ1v) is 8.56. The number of benzene rings is 1. The van der Waals surface area contributed by atoms with Crippen molar-refractivity contribution in [1.29, 1.82) is 0 Å². The molecule has 6 nitrogen and oxygen atoms in total. The van der Waals surface area contributed by atoms with Crippen molar-refractivity contribution in [1.82, 2.24) is 9.80 Å². The Labute approximate surface area is 139 Å². The Bertz CT molecular complexity index is 624. The van der Waals surface area contributed by atoms with Crippen LogP contribution in [0.2, 0.25) is 0 Å². The van der Waals surface area contributed by atoms with Crippen LogP contribution < -0.4 is 0 Å². The van der Waals surface area contributed by atoms with E-state index in [1.165, 1.54) is 0 Å². The highest BCUT2D eigenvalue weighted by Crippen LogP contribution is 2.40. The minimum Gasteiger partial charge on any atom is -0.480 e. The summed E-state index contributed by atoms with van der Waals surface area (Å²) in [6.07, 6.45) is -0.715. The van der Waals surface area contributed by atoms with Crippen molar-refractivity contribution >= 4 is 23.6 Å². The molecular weight excluding hydrogens is 316 g/mol. The number of hydrogen-bond donors (Lipinski definition) is 2. The van der Waals surface area contributed by atoms with Gasteiger partial charge >= 0.3 is 5.97 Å². The summed E-state index contributed by atoms with van der Waals surface area (Å²) in [5.41, 5.74) is 1.05. The second kappa shape index (κ2) is 6.51. The van der Waals surface area contributed by atoms with Crippen molar-refractivity contribution in [3.05, 3.63) is 29.8 Å². The quantitative estimate of drug-likeness (QED) is 0.832. The third-order valence-corrected chi connectivity index (χ3v) is 5.70. The monoisotopic (exact) mass is 336 g/mol. The van der Waals surface area contributed by atoms with E-state index in [2.05, 4.69) is 0 Å². The fraction of sp³-hybridized carbons (Fsp3) is 0.500. The van der Waals surface area contributed by atoms with Gasteiger partial charge < -0.3 is 15.1 Å². The minimum atomic E-state index is -0.939. The van der Waals surface area contributed by atoms with Crippen LogP contribution in [0.25, 0.3) is 0 Å². The summed E-state index contributed by atoms with van der Waals surface area (Å²) in [5.74, 6) is -0.370. The molecule has 1 saturated heterocycles. The average molecular weight is 336 g/mol. The van der Waals surface area contributed by atoms with Gasteiger partial charge in [-0.2, -0.15) is 0 Å². The van der Waals surface area contributed by atoms with Gasteiger partial charge in [0.25, 0.3) is 0 Å². The number of carboxylic acids is 1. The normalized spacial score (nSPS) is 26.6. The number of nitrogens with zero attached hydrogens (tertiary/aromatic N) is 2. The first kappa shape index (κ1) is 16.3. The standard InChI is InChI=1S/C16H20N2O4S/c1-17(8-15(20)21)12-6-18(7-13(12)19)16(22)11-9-23-14-5-3-2-4-10(11)14/h2-5,11-13,19H,6-9H2,1H3,(H,20,21)/t11?,12?,13-/m1/s1. The van der Waals surface area contributed by atoms with Crippen molar-refractivity contribution < 1.29 is 19.8 Å². The Balaban J connectivity index is 1.69. The van der Waals surface area contributed by atoms with Crippen LogP contribution in [0, 0.1) is 0 Å². The smallest absolute Gasteiger partial charge is 0.317 e. The molecule has 0 bridgehead atoms. The van der Waals surface area contributed by atoms with Gasteiger partial charge in [0.15, 0.2) is 0 Å². The number of hydrogen-bond acceptors (Lipinski definition) is 5. The number of likely N-dealkylation sites (N-methyl/N-ethyl adjacent to an activating group) is 1. The summed E-state index contributed by atoms with van der Waals surface area (Å²) in [5, 5.41) is 19.1. The van der Waals surface area contributed by atoms with Crippen molar-refractivity contribution in [3.8, 4) is 0 Å². The molecular formula is C16H20N2O4S. The summed E-state index contributed by atoms with van der Waals surface area (Å²) < 4.78 is 0. The number of carbonyl (C=O) groups excluding carboxylic acids is 1. The molecule has 0 aliphatic carbocycles. The molecule has 3 atom stereocenters. The van der Waals surface area contributed by atoms with Gasteiger partial charge in [0, 0.05) is 23.7 Å². The molecule has 124 valence electrons. The lowest BCUT2D eigenvalue weighted by molar-refractivity contribution is -0.138. The van der Waals surface area contributed by atoms with Gasteiger partial charge in [-0.15, -0.1) is 11.8 Å². The number of fused-ring (bicyclic) bond motifs is 1. The zero-order valence-corrected chi connectivity index (χ0v) is 13.7. The molecule has 2 unspecified atom stereocenters. The van der Waals surface area contributed by atoms with Gasteiger partial charge in [-0.3, -0.25) is 14.5 Å². The number of rotatable bonds is 4. The minimum absolute atomic E-state index is 0.0210. The molecule has 2 aliphatic heterocycles. The Morgan fingerprint density at radius 1 is 1.35 bits per heavy atom. The predicted molar refractivity (Wildman–Crippen MR) is 86.5 cm³/mol. The summed E-state index contributed by atoms with van der Waals surface area (Å²) in [7, 11) is 1.66. The lowest BCUT2D eigenvalue weighted by atomic mass is 10.00. The van der Waals surface area contributed by atoms with Crippen LogP contribution in [0.15, 0.2) is 29.2 Å². The topological polar surface area (TPSA) is 81.1 Å². The van der Waals surface area contributed by atoms with E-state index in [0.717, 1.165) is 16.2 Å². The van der Waals surface area contributed by atoms with E-state index < -0.39 is 12.1 Å². The molecule has 3 rings (SSSR count). The number of carbonyl (C=O) groups is 2. The summed E-state index contributed by atoms with van der Waals surface area (Å²) in [6, 6.07) is 7.58. The Kier molecular flexibility index (Phi) is 4.61. The first-order valence-electron chi connectivity index (χ1n) is 7.58. The van der Waals surface area contributed by atoms with Crippen LogP contribution >= 0.6 is 11.8 Å². The average Bonchev–Trinajstić information content (AvgIpc) is 3.09. The molecule has 2 aliphatic rings. The Morgan fingerprint density at radius 3 is 2.83 bits per heavy atom. The second-order valence-electron chi connectivity index (χ2n) is 6.09. The lowest BCUT2D eigenvalue weighted by Crippen LogP contribution is -2.43. The molecule has 0 spiro atoms. The number of amides is 1. The highest BCUT2D eigenvalue weighted by molar-refractivity contribution is 7.99. The number of carboxylic acid groups (broad SMARTS) is 1. The van der Waals surface area contributed by atoms with E-state index in [-0.39, 0.29) is 31.0 Å². The van der Waals surface area contributed by atoms with Gasteiger partial charge in [-0.05, 0) is 18.7 Å². The van der Waals surface area contributed by atoms with Gasteiger partial charge in [0.2, 0.25) is 5.91 Å². The van der Waals surface area contributed by atoms with Crippen molar-refractivity contribution in [3.63, 3.8) is 0 Å². The number of aliphatic hydroxyl groups excluding tert-OH is 1.